The molecule has 41 heavy (non-hydrogen) atoms. The van der Waals surface area contributed by atoms with Crippen LogP contribution in [0.2, 0.25) is 5.02 Å². The van der Waals surface area contributed by atoms with E-state index < -0.39 is 29.2 Å². The number of benzene rings is 3. The van der Waals surface area contributed by atoms with Crippen LogP contribution in [0.4, 0.5) is 26.3 Å². The van der Waals surface area contributed by atoms with Crippen LogP contribution in [-0.4, -0.2) is 16.2 Å². The molecule has 0 spiro atoms. The number of halogens is 7. The highest BCUT2D eigenvalue weighted by molar-refractivity contribution is 6.31. The van der Waals surface area contributed by atoms with E-state index in [1.807, 2.05) is 17.0 Å². The minimum absolute atomic E-state index is 0.111. The molecule has 5 rings (SSSR count). The number of alkyl halides is 6. The molecule has 0 amide bonds. The molecular weight excluding hydrogens is 570 g/mol. The minimum Gasteiger partial charge on any atom is -0.406 e. The molecule has 1 fully saturated rings. The fourth-order valence-corrected chi connectivity index (χ4v) is 5.20. The monoisotopic (exact) mass is 594 g/mol. The Balaban J connectivity index is 1.48. The Morgan fingerprint density at radius 1 is 0.951 bits per heavy atom. The second-order valence-electron chi connectivity index (χ2n) is 10.3. The van der Waals surface area contributed by atoms with Gasteiger partial charge in [0.05, 0.1) is 10.6 Å². The van der Waals surface area contributed by atoms with Crippen molar-refractivity contribution in [1.82, 2.24) is 9.88 Å². The third-order valence-corrected chi connectivity index (χ3v) is 7.55. The second kappa shape index (κ2) is 11.1. The molecule has 1 aromatic heterocycles. The van der Waals surface area contributed by atoms with Gasteiger partial charge in [0.1, 0.15) is 5.75 Å². The smallest absolute Gasteiger partial charge is 0.406 e. The number of rotatable bonds is 8. The van der Waals surface area contributed by atoms with Gasteiger partial charge in [-0.05, 0) is 90.2 Å². The maximum absolute atomic E-state index is 13.3. The fourth-order valence-electron chi connectivity index (χ4n) is 4.89. The summed E-state index contributed by atoms with van der Waals surface area (Å²) in [6.07, 6.45) is -7.21. The van der Waals surface area contributed by atoms with Gasteiger partial charge in [-0.3, -0.25) is 9.69 Å². The van der Waals surface area contributed by atoms with E-state index in [0.717, 1.165) is 24.3 Å². The number of aromatic amines is 1. The number of fused-ring (bicyclic) bond motifs is 1. The molecule has 4 aromatic rings. The van der Waals surface area contributed by atoms with Crippen molar-refractivity contribution in [2.24, 2.45) is 0 Å². The van der Waals surface area contributed by atoms with Crippen molar-refractivity contribution in [3.63, 3.8) is 0 Å². The Bertz CT molecular complexity index is 1610. The second-order valence-corrected chi connectivity index (χ2v) is 10.7. The molecule has 3 aromatic carbocycles. The van der Waals surface area contributed by atoms with Crippen molar-refractivity contribution in [3.8, 4) is 5.75 Å². The number of hydrogen-bond donors (Lipinski definition) is 1. The SMILES string of the molecule is C[C@@H](c1ccc(OC(F)(F)F)cc1)N(Cc1ccc(C(F)(F)F)c(Cl)c1)Cc1cc2cc(C3CC3)ccc2[nH]c1=O. The van der Waals surface area contributed by atoms with E-state index >= 15 is 0 Å². The van der Waals surface area contributed by atoms with Crippen LogP contribution < -0.4 is 10.3 Å². The zero-order valence-electron chi connectivity index (χ0n) is 21.7. The Labute approximate surface area is 236 Å². The lowest BCUT2D eigenvalue weighted by Crippen LogP contribution is -2.29. The molecule has 1 aliphatic carbocycles. The minimum atomic E-state index is -4.84. The summed E-state index contributed by atoms with van der Waals surface area (Å²) >= 11 is 5.96. The zero-order chi connectivity index (χ0) is 29.5. The van der Waals surface area contributed by atoms with Crippen LogP contribution in [0.5, 0.6) is 5.75 Å². The number of nitrogens with one attached hydrogen (secondary N) is 1. The highest BCUT2D eigenvalue weighted by Crippen LogP contribution is 2.41. The van der Waals surface area contributed by atoms with Crippen molar-refractivity contribution < 1.29 is 31.1 Å². The number of aromatic nitrogens is 1. The first-order valence-corrected chi connectivity index (χ1v) is 13.3. The molecule has 1 atom stereocenters. The summed E-state index contributed by atoms with van der Waals surface area (Å²) in [6, 6.07) is 16.1. The normalized spacial score (nSPS) is 15.0. The quantitative estimate of drug-likeness (QED) is 0.208. The maximum atomic E-state index is 13.3. The molecule has 1 N–H and O–H groups in total. The van der Waals surface area contributed by atoms with E-state index in [4.69, 9.17) is 11.6 Å². The number of pyridine rings is 1. The summed E-state index contributed by atoms with van der Waals surface area (Å²) in [4.78, 5) is 17.8. The van der Waals surface area contributed by atoms with Crippen LogP contribution in [0.15, 0.2) is 71.5 Å². The lowest BCUT2D eigenvalue weighted by molar-refractivity contribution is -0.274. The molecule has 0 radical (unpaired) electrons. The molecule has 0 bridgehead atoms. The predicted octanol–water partition coefficient (Wildman–Crippen LogP) is 8.74. The van der Waals surface area contributed by atoms with Gasteiger partial charge in [0, 0.05) is 30.2 Å². The summed E-state index contributed by atoms with van der Waals surface area (Å²) in [7, 11) is 0. The van der Waals surface area contributed by atoms with Gasteiger partial charge in [-0.15, -0.1) is 13.2 Å². The van der Waals surface area contributed by atoms with Gasteiger partial charge in [-0.1, -0.05) is 35.9 Å². The van der Waals surface area contributed by atoms with Crippen LogP contribution in [-0.2, 0) is 19.3 Å². The van der Waals surface area contributed by atoms with Crippen LogP contribution in [0.1, 0.15) is 59.5 Å². The van der Waals surface area contributed by atoms with Gasteiger partial charge >= 0.3 is 12.5 Å². The zero-order valence-corrected chi connectivity index (χ0v) is 22.5. The molecule has 1 heterocycles. The third-order valence-electron chi connectivity index (χ3n) is 7.24. The van der Waals surface area contributed by atoms with E-state index in [1.54, 1.807) is 13.0 Å². The van der Waals surface area contributed by atoms with Crippen LogP contribution >= 0.6 is 11.6 Å². The van der Waals surface area contributed by atoms with Crippen molar-refractivity contribution >= 4 is 22.5 Å². The fraction of sp³-hybridized carbons (Fsp3) is 0.300. The van der Waals surface area contributed by atoms with E-state index in [2.05, 4.69) is 15.8 Å². The van der Waals surface area contributed by atoms with Gasteiger partial charge < -0.3 is 9.72 Å². The van der Waals surface area contributed by atoms with Gasteiger partial charge in [0.15, 0.2) is 0 Å². The lowest BCUT2D eigenvalue weighted by atomic mass is 10.0. The standard InChI is InChI=1S/C30H25ClF6N2O2/c1-17(19-5-8-24(9-6-19)41-30(35,36)37)39(15-18-2-10-25(26(31)12-18)29(32,33)34)16-23-14-22-13-21(20-3-4-20)7-11-27(22)38-28(23)40/h2,5-14,17,20H,3-4,15-16H2,1H3,(H,38,40)/t17-/m0/s1. The highest BCUT2D eigenvalue weighted by atomic mass is 35.5. The molecule has 4 nitrogen and oxygen atoms in total. The number of hydrogen-bond acceptors (Lipinski definition) is 3. The van der Waals surface area contributed by atoms with Gasteiger partial charge in [-0.2, -0.15) is 13.2 Å². The molecule has 0 aliphatic heterocycles. The van der Waals surface area contributed by atoms with Crippen LogP contribution in [0.25, 0.3) is 10.9 Å². The summed E-state index contributed by atoms with van der Waals surface area (Å²) in [5.41, 5.74) is 2.14. The summed E-state index contributed by atoms with van der Waals surface area (Å²) in [6.45, 7) is 2.02. The topological polar surface area (TPSA) is 45.3 Å². The van der Waals surface area contributed by atoms with Crippen molar-refractivity contribution in [2.75, 3.05) is 0 Å². The van der Waals surface area contributed by atoms with Crippen molar-refractivity contribution in [2.45, 2.75) is 57.4 Å². The van der Waals surface area contributed by atoms with Crippen LogP contribution in [0, 0.1) is 0 Å². The first-order valence-electron chi connectivity index (χ1n) is 12.9. The molecule has 0 unspecified atom stereocenters. The van der Waals surface area contributed by atoms with E-state index in [0.29, 0.717) is 28.1 Å². The molecule has 1 aliphatic rings. The van der Waals surface area contributed by atoms with Gasteiger partial charge in [0.25, 0.3) is 5.56 Å². The Kier molecular flexibility index (Phi) is 7.82. The largest absolute Gasteiger partial charge is 0.573 e. The van der Waals surface area contributed by atoms with Gasteiger partial charge in [0.2, 0.25) is 0 Å². The lowest BCUT2D eigenvalue weighted by Gasteiger charge is -2.30. The van der Waals surface area contributed by atoms with E-state index in [1.165, 1.54) is 42.0 Å². The number of H-pyrrole nitrogens is 1. The van der Waals surface area contributed by atoms with Crippen LogP contribution in [0.3, 0.4) is 0 Å². The van der Waals surface area contributed by atoms with E-state index in [9.17, 15) is 31.1 Å². The molecule has 216 valence electrons. The molecule has 1 saturated carbocycles. The van der Waals surface area contributed by atoms with Crippen molar-refractivity contribution in [1.29, 1.82) is 0 Å². The molecule has 11 heteroatoms. The first-order chi connectivity index (χ1) is 19.3. The average molecular weight is 595 g/mol. The Morgan fingerprint density at radius 2 is 1.66 bits per heavy atom. The first kappa shape index (κ1) is 29.0. The Hall–Kier alpha value is -3.50. The van der Waals surface area contributed by atoms with E-state index in [-0.39, 0.29) is 24.4 Å². The average Bonchev–Trinajstić information content (AvgIpc) is 3.72. The molecule has 0 saturated heterocycles. The summed E-state index contributed by atoms with van der Waals surface area (Å²) < 4.78 is 81.6. The highest BCUT2D eigenvalue weighted by Gasteiger charge is 2.33. The maximum Gasteiger partial charge on any atom is 0.573 e. The summed E-state index contributed by atoms with van der Waals surface area (Å²) in [5, 5.41) is 0.412. The Morgan fingerprint density at radius 3 is 2.27 bits per heavy atom. The molecular formula is C30H25ClF6N2O2. The third kappa shape index (κ3) is 7.05. The summed E-state index contributed by atoms with van der Waals surface area (Å²) in [5.74, 6) is 0.131. The van der Waals surface area contributed by atoms with Gasteiger partial charge in [-0.25, -0.2) is 0 Å². The predicted molar refractivity (Wildman–Crippen MR) is 144 cm³/mol. The van der Waals surface area contributed by atoms with Crippen molar-refractivity contribution in [3.05, 3.63) is 110 Å². The number of nitrogens with zero attached hydrogens (tertiary/aromatic N) is 1. The number of ether oxygens (including phenoxy) is 1.